The van der Waals surface area contributed by atoms with Gasteiger partial charge in [-0.05, 0) is 67.9 Å². The van der Waals surface area contributed by atoms with E-state index < -0.39 is 0 Å². The van der Waals surface area contributed by atoms with E-state index in [1.165, 1.54) is 12.1 Å². The van der Waals surface area contributed by atoms with Gasteiger partial charge in [0.25, 0.3) is 5.91 Å². The summed E-state index contributed by atoms with van der Waals surface area (Å²) in [5.41, 5.74) is 1.83. The maximum Gasteiger partial charge on any atom is 0.272 e. The first-order valence-electron chi connectivity index (χ1n) is 8.90. The third-order valence-corrected chi connectivity index (χ3v) is 3.76. The lowest BCUT2D eigenvalue weighted by Gasteiger charge is -2.11. The quantitative estimate of drug-likeness (QED) is 0.646. The molecule has 0 saturated carbocycles. The highest BCUT2D eigenvalue weighted by atomic mass is 19.1. The van der Waals surface area contributed by atoms with E-state index >= 15 is 0 Å². The summed E-state index contributed by atoms with van der Waals surface area (Å²) in [5.74, 6) is 0.650. The van der Waals surface area contributed by atoms with Gasteiger partial charge < -0.3 is 15.4 Å². The zero-order chi connectivity index (χ0) is 19.9. The summed E-state index contributed by atoms with van der Waals surface area (Å²) in [5, 5.41) is 13.8. The van der Waals surface area contributed by atoms with Crippen LogP contribution in [0.25, 0.3) is 0 Å². The van der Waals surface area contributed by atoms with E-state index in [0.717, 1.165) is 17.0 Å². The number of benzene rings is 2. The number of anilines is 2. The standard InChI is InChI=1S/C21H21FN4O2/c1-14(2)28-18-9-7-17(8-10-18)24-20-12-11-19(25-26-20)21(27)23-13-15-3-5-16(22)6-4-15/h3-12,14H,13H2,1-2H3,(H,23,27)(H,24,26). The van der Waals surface area contributed by atoms with Gasteiger partial charge in [-0.2, -0.15) is 0 Å². The molecule has 6 nitrogen and oxygen atoms in total. The van der Waals surface area contributed by atoms with Crippen molar-refractivity contribution < 1.29 is 13.9 Å². The van der Waals surface area contributed by atoms with Crippen molar-refractivity contribution in [2.24, 2.45) is 0 Å². The van der Waals surface area contributed by atoms with E-state index in [0.29, 0.717) is 5.82 Å². The molecule has 28 heavy (non-hydrogen) atoms. The summed E-state index contributed by atoms with van der Waals surface area (Å²) < 4.78 is 18.5. The summed E-state index contributed by atoms with van der Waals surface area (Å²) in [6.07, 6.45) is 0.117. The van der Waals surface area contributed by atoms with Crippen LogP contribution in [0.1, 0.15) is 29.9 Å². The van der Waals surface area contributed by atoms with Crippen molar-refractivity contribution >= 4 is 17.4 Å². The lowest BCUT2D eigenvalue weighted by Crippen LogP contribution is -2.24. The Morgan fingerprint density at radius 2 is 1.71 bits per heavy atom. The monoisotopic (exact) mass is 380 g/mol. The van der Waals surface area contributed by atoms with Gasteiger partial charge in [-0.25, -0.2) is 4.39 Å². The minimum Gasteiger partial charge on any atom is -0.491 e. The minimum atomic E-state index is -0.349. The summed E-state index contributed by atoms with van der Waals surface area (Å²) >= 11 is 0. The smallest absolute Gasteiger partial charge is 0.272 e. The Labute approximate surface area is 162 Å². The van der Waals surface area contributed by atoms with E-state index in [9.17, 15) is 9.18 Å². The third-order valence-electron chi connectivity index (χ3n) is 3.76. The third kappa shape index (κ3) is 5.51. The van der Waals surface area contributed by atoms with Crippen LogP contribution < -0.4 is 15.4 Å². The normalized spacial score (nSPS) is 10.6. The number of ether oxygens (including phenoxy) is 1. The van der Waals surface area contributed by atoms with Crippen LogP contribution in [0, 0.1) is 5.82 Å². The summed E-state index contributed by atoms with van der Waals surface area (Å²) in [6, 6.07) is 16.7. The molecule has 0 radical (unpaired) electrons. The number of hydrogen-bond acceptors (Lipinski definition) is 5. The second-order valence-corrected chi connectivity index (χ2v) is 6.43. The van der Waals surface area contributed by atoms with Crippen molar-refractivity contribution in [3.8, 4) is 5.75 Å². The fourth-order valence-electron chi connectivity index (χ4n) is 2.43. The maximum absolute atomic E-state index is 12.9. The lowest BCUT2D eigenvalue weighted by atomic mass is 10.2. The predicted octanol–water partition coefficient (Wildman–Crippen LogP) is 4.08. The molecular formula is C21H21FN4O2. The Morgan fingerprint density at radius 1 is 1.00 bits per heavy atom. The number of nitrogens with one attached hydrogen (secondary N) is 2. The Hall–Kier alpha value is -3.48. The van der Waals surface area contributed by atoms with Crippen LogP contribution in [0.4, 0.5) is 15.9 Å². The number of rotatable bonds is 7. The molecule has 0 aliphatic carbocycles. The molecule has 0 bridgehead atoms. The molecule has 1 aromatic heterocycles. The zero-order valence-electron chi connectivity index (χ0n) is 15.6. The fourth-order valence-corrected chi connectivity index (χ4v) is 2.43. The van der Waals surface area contributed by atoms with Gasteiger partial charge >= 0.3 is 0 Å². The van der Waals surface area contributed by atoms with E-state index in [2.05, 4.69) is 20.8 Å². The topological polar surface area (TPSA) is 76.1 Å². The molecule has 3 rings (SSSR count). The largest absolute Gasteiger partial charge is 0.491 e. The molecule has 144 valence electrons. The van der Waals surface area contributed by atoms with E-state index in [4.69, 9.17) is 4.74 Å². The molecule has 0 atom stereocenters. The molecule has 1 amide bonds. The van der Waals surface area contributed by atoms with Crippen LogP contribution in [-0.2, 0) is 6.54 Å². The predicted molar refractivity (Wildman–Crippen MR) is 105 cm³/mol. The summed E-state index contributed by atoms with van der Waals surface area (Å²) in [4.78, 5) is 12.2. The first-order valence-corrected chi connectivity index (χ1v) is 8.90. The highest BCUT2D eigenvalue weighted by molar-refractivity contribution is 5.92. The molecule has 0 aliphatic heterocycles. The van der Waals surface area contributed by atoms with Gasteiger partial charge in [0.2, 0.25) is 0 Å². The first kappa shape index (κ1) is 19.3. The lowest BCUT2D eigenvalue weighted by molar-refractivity contribution is 0.0945. The van der Waals surface area contributed by atoms with Crippen molar-refractivity contribution in [3.63, 3.8) is 0 Å². The van der Waals surface area contributed by atoms with Crippen molar-refractivity contribution in [2.75, 3.05) is 5.32 Å². The van der Waals surface area contributed by atoms with Gasteiger partial charge in [-0.1, -0.05) is 12.1 Å². The van der Waals surface area contributed by atoms with Gasteiger partial charge in [0, 0.05) is 12.2 Å². The number of amides is 1. The molecule has 0 spiro atoms. The maximum atomic E-state index is 12.9. The van der Waals surface area contributed by atoms with Crippen molar-refractivity contribution in [2.45, 2.75) is 26.5 Å². The van der Waals surface area contributed by atoms with Crippen molar-refractivity contribution in [1.82, 2.24) is 15.5 Å². The average Bonchev–Trinajstić information content (AvgIpc) is 2.69. The average molecular weight is 380 g/mol. The molecule has 0 saturated heterocycles. The molecule has 2 N–H and O–H groups in total. The van der Waals surface area contributed by atoms with Crippen LogP contribution >= 0.6 is 0 Å². The van der Waals surface area contributed by atoms with E-state index in [1.807, 2.05) is 38.1 Å². The van der Waals surface area contributed by atoms with Crippen LogP contribution in [-0.4, -0.2) is 22.2 Å². The minimum absolute atomic E-state index is 0.117. The molecule has 7 heteroatoms. The number of hydrogen-bond donors (Lipinski definition) is 2. The van der Waals surface area contributed by atoms with E-state index in [1.54, 1.807) is 24.3 Å². The SMILES string of the molecule is CC(C)Oc1ccc(Nc2ccc(C(=O)NCc3ccc(F)cc3)nn2)cc1. The van der Waals surface area contributed by atoms with Gasteiger partial charge in [0.1, 0.15) is 11.6 Å². The number of carbonyl (C=O) groups excluding carboxylic acids is 1. The highest BCUT2D eigenvalue weighted by Gasteiger charge is 2.08. The van der Waals surface area contributed by atoms with Gasteiger partial charge in [0.05, 0.1) is 6.10 Å². The molecular weight excluding hydrogens is 359 g/mol. The Kier molecular flexibility index (Phi) is 6.16. The van der Waals surface area contributed by atoms with Gasteiger partial charge in [-0.3, -0.25) is 4.79 Å². The molecule has 3 aromatic rings. The van der Waals surface area contributed by atoms with Crippen LogP contribution in [0.15, 0.2) is 60.7 Å². The summed E-state index contributed by atoms with van der Waals surface area (Å²) in [7, 11) is 0. The first-order chi connectivity index (χ1) is 13.5. The fraction of sp³-hybridized carbons (Fsp3) is 0.190. The zero-order valence-corrected chi connectivity index (χ0v) is 15.6. The molecule has 0 aliphatic rings. The van der Waals surface area contributed by atoms with Gasteiger partial charge in [-0.15, -0.1) is 10.2 Å². The number of halogens is 1. The van der Waals surface area contributed by atoms with Crippen LogP contribution in [0.5, 0.6) is 5.75 Å². The van der Waals surface area contributed by atoms with Crippen molar-refractivity contribution in [1.29, 1.82) is 0 Å². The second-order valence-electron chi connectivity index (χ2n) is 6.43. The highest BCUT2D eigenvalue weighted by Crippen LogP contribution is 2.19. The number of nitrogens with zero attached hydrogens (tertiary/aromatic N) is 2. The second kappa shape index (κ2) is 8.94. The molecule has 1 heterocycles. The Balaban J connectivity index is 1.55. The number of aromatic nitrogens is 2. The summed E-state index contributed by atoms with van der Waals surface area (Å²) in [6.45, 7) is 4.23. The van der Waals surface area contributed by atoms with Crippen molar-refractivity contribution in [3.05, 3.63) is 77.7 Å². The molecule has 0 fully saturated rings. The number of carbonyl (C=O) groups is 1. The Morgan fingerprint density at radius 3 is 2.32 bits per heavy atom. The molecule has 2 aromatic carbocycles. The molecule has 0 unspecified atom stereocenters. The van der Waals surface area contributed by atoms with Crippen LogP contribution in [0.2, 0.25) is 0 Å². The Bertz CT molecular complexity index is 911. The van der Waals surface area contributed by atoms with Gasteiger partial charge in [0.15, 0.2) is 11.5 Å². The van der Waals surface area contributed by atoms with E-state index in [-0.39, 0.29) is 30.1 Å². The van der Waals surface area contributed by atoms with Crippen LogP contribution in [0.3, 0.4) is 0 Å².